The van der Waals surface area contributed by atoms with Gasteiger partial charge in [0.05, 0.1) is 12.7 Å². The molecule has 0 radical (unpaired) electrons. The van der Waals surface area contributed by atoms with E-state index in [0.717, 1.165) is 31.6 Å². The van der Waals surface area contributed by atoms with Crippen LogP contribution in [0.2, 0.25) is 0 Å². The van der Waals surface area contributed by atoms with Gasteiger partial charge in [0.2, 0.25) is 5.91 Å². The van der Waals surface area contributed by atoms with E-state index in [0.29, 0.717) is 31.1 Å². The molecule has 20 heavy (non-hydrogen) atoms. The second-order valence-electron chi connectivity index (χ2n) is 5.54. The second-order valence-corrected chi connectivity index (χ2v) is 5.54. The number of fused-ring (bicyclic) bond motifs is 1. The van der Waals surface area contributed by atoms with Crippen LogP contribution in [0.25, 0.3) is 0 Å². The van der Waals surface area contributed by atoms with E-state index >= 15 is 0 Å². The van der Waals surface area contributed by atoms with Gasteiger partial charge in [0, 0.05) is 25.0 Å². The Labute approximate surface area is 119 Å². The van der Waals surface area contributed by atoms with Crippen molar-refractivity contribution in [3.8, 4) is 5.75 Å². The summed E-state index contributed by atoms with van der Waals surface area (Å²) >= 11 is 0. The fraction of sp³-hybridized carbons (Fsp3) is 0.562. The summed E-state index contributed by atoms with van der Waals surface area (Å²) < 4.78 is 11.1. The van der Waals surface area contributed by atoms with Crippen LogP contribution < -0.4 is 10.1 Å². The molecule has 4 heteroatoms. The molecule has 0 aromatic heterocycles. The molecule has 1 aromatic rings. The molecular formula is C16H21NO3. The van der Waals surface area contributed by atoms with Crippen LogP contribution in [0, 0.1) is 5.92 Å². The van der Waals surface area contributed by atoms with Crippen molar-refractivity contribution in [3.05, 3.63) is 30.3 Å². The summed E-state index contributed by atoms with van der Waals surface area (Å²) in [4.78, 5) is 11.8. The van der Waals surface area contributed by atoms with E-state index in [1.807, 2.05) is 30.3 Å². The van der Waals surface area contributed by atoms with Gasteiger partial charge < -0.3 is 14.8 Å². The zero-order valence-corrected chi connectivity index (χ0v) is 11.6. The number of ether oxygens (including phenoxy) is 2. The van der Waals surface area contributed by atoms with Crippen molar-refractivity contribution in [3.63, 3.8) is 0 Å². The number of hydrogen-bond acceptors (Lipinski definition) is 3. The highest BCUT2D eigenvalue weighted by molar-refractivity contribution is 5.76. The highest BCUT2D eigenvalue weighted by atomic mass is 16.5. The first-order chi connectivity index (χ1) is 9.83. The van der Waals surface area contributed by atoms with Gasteiger partial charge >= 0.3 is 0 Å². The lowest BCUT2D eigenvalue weighted by molar-refractivity contribution is -0.124. The molecule has 2 fully saturated rings. The van der Waals surface area contributed by atoms with Crippen molar-refractivity contribution in [1.29, 1.82) is 0 Å². The summed E-state index contributed by atoms with van der Waals surface area (Å²) in [5.74, 6) is 1.55. The molecule has 1 heterocycles. The van der Waals surface area contributed by atoms with Crippen LogP contribution >= 0.6 is 0 Å². The molecular weight excluding hydrogens is 254 g/mol. The van der Waals surface area contributed by atoms with E-state index in [9.17, 15) is 4.79 Å². The monoisotopic (exact) mass is 275 g/mol. The van der Waals surface area contributed by atoms with Crippen LogP contribution in [0.3, 0.4) is 0 Å². The van der Waals surface area contributed by atoms with Crippen molar-refractivity contribution in [2.75, 3.05) is 13.2 Å². The number of carbonyl (C=O) groups is 1. The Morgan fingerprint density at radius 3 is 3.00 bits per heavy atom. The number of rotatable bonds is 6. The minimum absolute atomic E-state index is 0.136. The molecule has 0 bridgehead atoms. The van der Waals surface area contributed by atoms with Gasteiger partial charge in [0.1, 0.15) is 5.75 Å². The molecule has 1 aliphatic heterocycles. The third-order valence-electron chi connectivity index (χ3n) is 4.17. The number of amides is 1. The van der Waals surface area contributed by atoms with Gasteiger partial charge in [-0.25, -0.2) is 0 Å². The summed E-state index contributed by atoms with van der Waals surface area (Å²) in [6, 6.07) is 10.0. The van der Waals surface area contributed by atoms with Gasteiger partial charge in [0.15, 0.2) is 0 Å². The van der Waals surface area contributed by atoms with Gasteiger partial charge in [-0.1, -0.05) is 18.2 Å². The number of carbonyl (C=O) groups excluding carboxylic acids is 1. The van der Waals surface area contributed by atoms with Crippen molar-refractivity contribution >= 4 is 5.91 Å². The topological polar surface area (TPSA) is 47.6 Å². The molecule has 1 amide bonds. The Hall–Kier alpha value is -1.55. The minimum atomic E-state index is 0.136. The number of nitrogens with one attached hydrogen (secondary N) is 1. The summed E-state index contributed by atoms with van der Waals surface area (Å²) in [7, 11) is 0. The summed E-state index contributed by atoms with van der Waals surface area (Å²) in [6.07, 6.45) is 3.75. The van der Waals surface area contributed by atoms with Crippen molar-refractivity contribution in [1.82, 2.24) is 5.32 Å². The van der Waals surface area contributed by atoms with Gasteiger partial charge in [-0.15, -0.1) is 0 Å². The molecule has 4 nitrogen and oxygen atoms in total. The molecule has 2 aliphatic rings. The number of para-hydroxylation sites is 1. The average Bonchev–Trinajstić information content (AvgIpc) is 2.83. The van der Waals surface area contributed by atoms with Crippen molar-refractivity contribution in [2.45, 2.75) is 37.8 Å². The van der Waals surface area contributed by atoms with E-state index in [4.69, 9.17) is 9.47 Å². The molecule has 1 saturated carbocycles. The van der Waals surface area contributed by atoms with Gasteiger partial charge in [-0.3, -0.25) is 4.79 Å². The highest BCUT2D eigenvalue weighted by Crippen LogP contribution is 2.38. The lowest BCUT2D eigenvalue weighted by Crippen LogP contribution is -2.53. The first-order valence-electron chi connectivity index (χ1n) is 7.42. The van der Waals surface area contributed by atoms with E-state index in [-0.39, 0.29) is 5.91 Å². The average molecular weight is 275 g/mol. The summed E-state index contributed by atoms with van der Waals surface area (Å²) in [5, 5.41) is 3.11. The third-order valence-corrected chi connectivity index (χ3v) is 4.17. The first-order valence-corrected chi connectivity index (χ1v) is 7.42. The minimum Gasteiger partial charge on any atom is -0.494 e. The molecule has 1 aromatic carbocycles. The van der Waals surface area contributed by atoms with E-state index in [1.165, 1.54) is 0 Å². The van der Waals surface area contributed by atoms with Crippen LogP contribution in [0.15, 0.2) is 30.3 Å². The molecule has 1 aliphatic carbocycles. The van der Waals surface area contributed by atoms with E-state index in [2.05, 4.69) is 5.32 Å². The van der Waals surface area contributed by atoms with Crippen LogP contribution in [-0.4, -0.2) is 31.3 Å². The second kappa shape index (κ2) is 6.27. The molecule has 1 saturated heterocycles. The quantitative estimate of drug-likeness (QED) is 0.809. The molecule has 108 valence electrons. The Morgan fingerprint density at radius 1 is 1.35 bits per heavy atom. The predicted octanol–water partition coefficient (Wildman–Crippen LogP) is 2.14. The van der Waals surface area contributed by atoms with Gasteiger partial charge in [-0.05, 0) is 31.4 Å². The Kier molecular flexibility index (Phi) is 4.21. The van der Waals surface area contributed by atoms with Crippen molar-refractivity contribution < 1.29 is 14.3 Å². The SMILES string of the molecule is O=C(CCCOc1ccccc1)N[C@@H]1C[C@@H]2OCC[C@@H]21. The molecule has 0 spiro atoms. The van der Waals surface area contributed by atoms with Crippen LogP contribution in [0.1, 0.15) is 25.7 Å². The molecule has 3 rings (SSSR count). The van der Waals surface area contributed by atoms with E-state index < -0.39 is 0 Å². The zero-order valence-electron chi connectivity index (χ0n) is 11.6. The molecule has 1 N–H and O–H groups in total. The fourth-order valence-electron chi connectivity index (χ4n) is 2.98. The Morgan fingerprint density at radius 2 is 2.20 bits per heavy atom. The van der Waals surface area contributed by atoms with Gasteiger partial charge in [-0.2, -0.15) is 0 Å². The fourth-order valence-corrected chi connectivity index (χ4v) is 2.98. The summed E-state index contributed by atoms with van der Waals surface area (Å²) in [6.45, 7) is 1.43. The van der Waals surface area contributed by atoms with Crippen LogP contribution in [-0.2, 0) is 9.53 Å². The molecule has 3 atom stereocenters. The number of benzene rings is 1. The lowest BCUT2D eigenvalue weighted by Gasteiger charge is -2.39. The summed E-state index contributed by atoms with van der Waals surface area (Å²) in [5.41, 5.74) is 0. The maximum absolute atomic E-state index is 11.8. The first kappa shape index (κ1) is 13.4. The van der Waals surface area contributed by atoms with Gasteiger partial charge in [0.25, 0.3) is 0 Å². The zero-order chi connectivity index (χ0) is 13.8. The maximum atomic E-state index is 11.8. The molecule has 0 unspecified atom stereocenters. The maximum Gasteiger partial charge on any atom is 0.220 e. The Bertz CT molecular complexity index is 448. The van der Waals surface area contributed by atoms with E-state index in [1.54, 1.807) is 0 Å². The normalized spacial score (nSPS) is 27.5. The standard InChI is InChI=1S/C16H21NO3/c18-16(17-14-11-15-13(14)8-10-20-15)7-4-9-19-12-5-2-1-3-6-12/h1-3,5-6,13-15H,4,7-11H2,(H,17,18)/t13-,14-,15+/m1/s1. The van der Waals surface area contributed by atoms with Crippen molar-refractivity contribution in [2.24, 2.45) is 5.92 Å². The smallest absolute Gasteiger partial charge is 0.220 e. The third kappa shape index (κ3) is 3.12. The Balaban J connectivity index is 1.30. The van der Waals surface area contributed by atoms with Crippen LogP contribution in [0.4, 0.5) is 0 Å². The highest BCUT2D eigenvalue weighted by Gasteiger charge is 2.45. The largest absolute Gasteiger partial charge is 0.494 e. The predicted molar refractivity (Wildman–Crippen MR) is 75.6 cm³/mol. The number of hydrogen-bond donors (Lipinski definition) is 1. The lowest BCUT2D eigenvalue weighted by atomic mass is 9.76. The van der Waals surface area contributed by atoms with Crippen LogP contribution in [0.5, 0.6) is 5.75 Å².